The number of hydrogen-bond acceptors (Lipinski definition) is 3. The van der Waals surface area contributed by atoms with Gasteiger partial charge in [-0.25, -0.2) is 4.79 Å². The fourth-order valence-electron chi connectivity index (χ4n) is 1.52. The maximum atomic E-state index is 11.0. The number of hydrogen-bond donors (Lipinski definition) is 3. The van der Waals surface area contributed by atoms with E-state index in [0.717, 1.165) is 11.1 Å². The van der Waals surface area contributed by atoms with Crippen molar-refractivity contribution in [2.75, 3.05) is 5.43 Å². The van der Waals surface area contributed by atoms with E-state index in [2.05, 4.69) is 5.43 Å². The van der Waals surface area contributed by atoms with Gasteiger partial charge in [-0.05, 0) is 43.5 Å². The Labute approximate surface area is 82.7 Å². The van der Waals surface area contributed by atoms with E-state index in [9.17, 15) is 4.79 Å². The van der Waals surface area contributed by atoms with Crippen LogP contribution in [-0.2, 0) is 0 Å². The summed E-state index contributed by atoms with van der Waals surface area (Å²) in [6, 6.07) is 1.84. The average Bonchev–Trinajstić information content (AvgIpc) is 2.11. The Morgan fingerprint density at radius 1 is 1.36 bits per heavy atom. The van der Waals surface area contributed by atoms with Gasteiger partial charge in [-0.15, -0.1) is 0 Å². The van der Waals surface area contributed by atoms with Crippen LogP contribution in [0.3, 0.4) is 0 Å². The van der Waals surface area contributed by atoms with Crippen LogP contribution in [0.4, 0.5) is 5.69 Å². The molecule has 0 radical (unpaired) electrons. The van der Waals surface area contributed by atoms with Gasteiger partial charge in [0.15, 0.2) is 0 Å². The molecule has 1 aromatic rings. The van der Waals surface area contributed by atoms with Crippen LogP contribution < -0.4 is 11.3 Å². The maximum Gasteiger partial charge on any atom is 0.336 e. The van der Waals surface area contributed by atoms with Gasteiger partial charge in [-0.3, -0.25) is 5.84 Å². The SMILES string of the molecule is Cc1cc(NN)c(C)c(C(=O)O)c1C. The van der Waals surface area contributed by atoms with Gasteiger partial charge in [0.05, 0.1) is 11.3 Å². The van der Waals surface area contributed by atoms with Crippen molar-refractivity contribution in [3.05, 3.63) is 28.3 Å². The molecule has 76 valence electrons. The zero-order chi connectivity index (χ0) is 10.9. The fourth-order valence-corrected chi connectivity index (χ4v) is 1.52. The molecule has 14 heavy (non-hydrogen) atoms. The van der Waals surface area contributed by atoms with Gasteiger partial charge < -0.3 is 10.5 Å². The molecule has 4 heteroatoms. The fraction of sp³-hybridized carbons (Fsp3) is 0.300. The molecule has 0 saturated carbocycles. The van der Waals surface area contributed by atoms with Crippen LogP contribution in [0.2, 0.25) is 0 Å². The Morgan fingerprint density at radius 2 is 1.93 bits per heavy atom. The van der Waals surface area contributed by atoms with Gasteiger partial charge >= 0.3 is 5.97 Å². The minimum Gasteiger partial charge on any atom is -0.478 e. The summed E-state index contributed by atoms with van der Waals surface area (Å²) in [4.78, 5) is 11.0. The summed E-state index contributed by atoms with van der Waals surface area (Å²) in [7, 11) is 0. The number of carbonyl (C=O) groups is 1. The van der Waals surface area contributed by atoms with Gasteiger partial charge in [-0.1, -0.05) is 0 Å². The van der Waals surface area contributed by atoms with Crippen LogP contribution in [0.25, 0.3) is 0 Å². The number of aryl methyl sites for hydroxylation is 1. The molecular formula is C10H14N2O2. The smallest absolute Gasteiger partial charge is 0.336 e. The molecule has 0 heterocycles. The van der Waals surface area contributed by atoms with E-state index in [0.29, 0.717) is 16.8 Å². The normalized spacial score (nSPS) is 10.0. The van der Waals surface area contributed by atoms with Crippen molar-refractivity contribution in [1.82, 2.24) is 0 Å². The molecule has 0 aromatic heterocycles. The molecule has 0 aliphatic rings. The van der Waals surface area contributed by atoms with Crippen molar-refractivity contribution in [2.45, 2.75) is 20.8 Å². The monoisotopic (exact) mass is 194 g/mol. The quantitative estimate of drug-likeness (QED) is 0.493. The third-order valence-electron chi connectivity index (χ3n) is 2.48. The van der Waals surface area contributed by atoms with Crippen LogP contribution in [0, 0.1) is 20.8 Å². The van der Waals surface area contributed by atoms with Crippen molar-refractivity contribution >= 4 is 11.7 Å². The summed E-state index contributed by atoms with van der Waals surface area (Å²) < 4.78 is 0. The van der Waals surface area contributed by atoms with Gasteiger partial charge in [0.1, 0.15) is 0 Å². The van der Waals surface area contributed by atoms with Gasteiger partial charge in [0.2, 0.25) is 0 Å². The second kappa shape index (κ2) is 3.67. The molecule has 0 atom stereocenters. The first-order chi connectivity index (χ1) is 6.49. The Balaban J connectivity index is 3.53. The van der Waals surface area contributed by atoms with Crippen LogP contribution in [0.15, 0.2) is 6.07 Å². The minimum absolute atomic E-state index is 0.331. The number of nitrogen functional groups attached to an aromatic ring is 1. The van der Waals surface area contributed by atoms with Gasteiger partial charge in [-0.2, -0.15) is 0 Å². The highest BCUT2D eigenvalue weighted by atomic mass is 16.4. The van der Waals surface area contributed by atoms with Gasteiger partial charge in [0.25, 0.3) is 0 Å². The van der Waals surface area contributed by atoms with Crippen LogP contribution in [-0.4, -0.2) is 11.1 Å². The average molecular weight is 194 g/mol. The molecule has 1 aromatic carbocycles. The highest BCUT2D eigenvalue weighted by Crippen LogP contribution is 2.25. The van der Waals surface area contributed by atoms with Crippen molar-refractivity contribution < 1.29 is 9.90 Å². The standard InChI is InChI=1S/C10H14N2O2/c1-5-4-8(12-11)7(3)9(6(5)2)10(13)14/h4,12H,11H2,1-3H3,(H,13,14). The highest BCUT2D eigenvalue weighted by Gasteiger charge is 2.15. The molecule has 0 aliphatic heterocycles. The number of nitrogens with two attached hydrogens (primary N) is 1. The Morgan fingerprint density at radius 3 is 2.36 bits per heavy atom. The van der Waals surface area contributed by atoms with Crippen molar-refractivity contribution in [3.63, 3.8) is 0 Å². The molecule has 0 amide bonds. The number of anilines is 1. The molecule has 0 fully saturated rings. The van der Waals surface area contributed by atoms with Gasteiger partial charge in [0, 0.05) is 0 Å². The van der Waals surface area contributed by atoms with E-state index in [-0.39, 0.29) is 0 Å². The van der Waals surface area contributed by atoms with Crippen molar-refractivity contribution in [1.29, 1.82) is 0 Å². The summed E-state index contributed by atoms with van der Waals surface area (Å²) in [6.45, 7) is 5.40. The summed E-state index contributed by atoms with van der Waals surface area (Å²) in [5, 5.41) is 9.02. The number of carboxylic acid groups (broad SMARTS) is 1. The number of aromatic carboxylic acids is 1. The number of carboxylic acids is 1. The zero-order valence-electron chi connectivity index (χ0n) is 8.51. The first-order valence-electron chi connectivity index (χ1n) is 4.29. The van der Waals surface area contributed by atoms with E-state index < -0.39 is 5.97 Å². The number of benzene rings is 1. The largest absolute Gasteiger partial charge is 0.478 e. The lowest BCUT2D eigenvalue weighted by molar-refractivity contribution is 0.0695. The van der Waals surface area contributed by atoms with E-state index in [1.54, 1.807) is 13.8 Å². The molecule has 4 nitrogen and oxygen atoms in total. The second-order valence-electron chi connectivity index (χ2n) is 3.32. The topological polar surface area (TPSA) is 75.3 Å². The molecule has 0 aliphatic carbocycles. The van der Waals surface area contributed by atoms with Crippen LogP contribution in [0.1, 0.15) is 27.0 Å². The lowest BCUT2D eigenvalue weighted by Crippen LogP contribution is -2.13. The maximum absolute atomic E-state index is 11.0. The van der Waals surface area contributed by atoms with Crippen molar-refractivity contribution in [3.8, 4) is 0 Å². The zero-order valence-corrected chi connectivity index (χ0v) is 8.51. The molecule has 1 rings (SSSR count). The molecule has 0 unspecified atom stereocenters. The summed E-state index contributed by atoms with van der Waals surface area (Å²) >= 11 is 0. The third-order valence-corrected chi connectivity index (χ3v) is 2.48. The molecule has 0 saturated heterocycles. The van der Waals surface area contributed by atoms with E-state index in [1.165, 1.54) is 0 Å². The van der Waals surface area contributed by atoms with E-state index in [4.69, 9.17) is 10.9 Å². The van der Waals surface area contributed by atoms with E-state index in [1.807, 2.05) is 13.0 Å². The van der Waals surface area contributed by atoms with E-state index >= 15 is 0 Å². The number of rotatable bonds is 2. The van der Waals surface area contributed by atoms with Crippen LogP contribution >= 0.6 is 0 Å². The highest BCUT2D eigenvalue weighted by molar-refractivity contribution is 5.93. The Hall–Kier alpha value is -1.55. The lowest BCUT2D eigenvalue weighted by atomic mass is 9.97. The predicted octanol–water partition coefficient (Wildman–Crippen LogP) is 1.60. The summed E-state index contributed by atoms with van der Waals surface area (Å²) in [5.41, 5.74) is 5.86. The Kier molecular flexibility index (Phi) is 2.76. The van der Waals surface area contributed by atoms with Crippen molar-refractivity contribution in [2.24, 2.45) is 5.84 Å². The molecule has 0 bridgehead atoms. The minimum atomic E-state index is -0.916. The lowest BCUT2D eigenvalue weighted by Gasteiger charge is -2.13. The number of nitrogens with one attached hydrogen (secondary N) is 1. The summed E-state index contributed by atoms with van der Waals surface area (Å²) in [5.74, 6) is 4.38. The Bertz CT molecular complexity index is 386. The van der Waals surface area contributed by atoms with Crippen LogP contribution in [0.5, 0.6) is 0 Å². The number of hydrazine groups is 1. The third kappa shape index (κ3) is 1.56. The molecular weight excluding hydrogens is 180 g/mol. The molecule has 4 N–H and O–H groups in total. The predicted molar refractivity (Wildman–Crippen MR) is 55.4 cm³/mol. The second-order valence-corrected chi connectivity index (χ2v) is 3.32. The summed E-state index contributed by atoms with van der Waals surface area (Å²) in [6.07, 6.45) is 0. The first kappa shape index (κ1) is 10.5. The first-order valence-corrected chi connectivity index (χ1v) is 4.29. The molecule has 0 spiro atoms.